The first-order chi connectivity index (χ1) is 7.66. The van der Waals surface area contributed by atoms with Gasteiger partial charge in [-0.1, -0.05) is 23.2 Å². The van der Waals surface area contributed by atoms with Gasteiger partial charge in [-0.25, -0.2) is 0 Å². The van der Waals surface area contributed by atoms with E-state index < -0.39 is 0 Å². The van der Waals surface area contributed by atoms with Crippen LogP contribution < -0.4 is 0 Å². The largest absolute Gasteiger partial charge is 0.373 e. The number of hydrogen-bond donors (Lipinski definition) is 0. The molecule has 0 radical (unpaired) electrons. The van der Waals surface area contributed by atoms with E-state index in [-0.39, 0.29) is 12.4 Å². The van der Waals surface area contributed by atoms with E-state index in [2.05, 4.69) is 0 Å². The lowest BCUT2D eigenvalue weighted by Crippen LogP contribution is -2.10. The molecule has 1 aromatic rings. The molecule has 1 saturated carbocycles. The zero-order chi connectivity index (χ0) is 11.5. The van der Waals surface area contributed by atoms with E-state index in [0.717, 1.165) is 0 Å². The Balaban J connectivity index is 1.88. The number of halogens is 2. The Labute approximate surface area is 104 Å². The van der Waals surface area contributed by atoms with Crippen LogP contribution in [0.25, 0.3) is 0 Å². The summed E-state index contributed by atoms with van der Waals surface area (Å²) in [6, 6.07) is 4.86. The van der Waals surface area contributed by atoms with Crippen molar-refractivity contribution in [2.75, 3.05) is 13.2 Å². The molecule has 0 unspecified atom stereocenters. The van der Waals surface area contributed by atoms with Gasteiger partial charge < -0.3 is 4.74 Å². The number of ether oxygens (including phenoxy) is 1. The van der Waals surface area contributed by atoms with Crippen molar-refractivity contribution in [1.29, 1.82) is 0 Å². The molecule has 0 bridgehead atoms. The second-order valence-electron chi connectivity index (χ2n) is 4.01. The summed E-state index contributed by atoms with van der Waals surface area (Å²) in [7, 11) is 0. The van der Waals surface area contributed by atoms with Crippen molar-refractivity contribution < 1.29 is 9.53 Å². The lowest BCUT2D eigenvalue weighted by Gasteiger charge is -2.03. The Hall–Kier alpha value is -0.570. The Morgan fingerprint density at radius 1 is 1.31 bits per heavy atom. The van der Waals surface area contributed by atoms with Gasteiger partial charge >= 0.3 is 0 Å². The first-order valence-electron chi connectivity index (χ1n) is 5.23. The van der Waals surface area contributed by atoms with Crippen LogP contribution in [0.4, 0.5) is 0 Å². The minimum Gasteiger partial charge on any atom is -0.373 e. The van der Waals surface area contributed by atoms with Crippen LogP contribution in [0, 0.1) is 5.92 Å². The van der Waals surface area contributed by atoms with Gasteiger partial charge in [0, 0.05) is 5.56 Å². The van der Waals surface area contributed by atoms with Crippen LogP contribution in [0.2, 0.25) is 10.0 Å². The van der Waals surface area contributed by atoms with Crippen LogP contribution in [0.15, 0.2) is 18.2 Å². The van der Waals surface area contributed by atoms with Gasteiger partial charge in [0.05, 0.1) is 16.7 Å². The molecule has 2 rings (SSSR count). The lowest BCUT2D eigenvalue weighted by atomic mass is 10.1. The van der Waals surface area contributed by atoms with Crippen molar-refractivity contribution in [3.8, 4) is 0 Å². The Morgan fingerprint density at radius 3 is 2.69 bits per heavy atom. The van der Waals surface area contributed by atoms with Crippen LogP contribution in [-0.4, -0.2) is 19.0 Å². The average molecular weight is 259 g/mol. The maximum Gasteiger partial charge on any atom is 0.188 e. The number of ketones is 1. The van der Waals surface area contributed by atoms with E-state index >= 15 is 0 Å². The molecule has 2 nitrogen and oxygen atoms in total. The molecule has 0 saturated heterocycles. The molecular weight excluding hydrogens is 247 g/mol. The molecule has 0 aliphatic heterocycles. The van der Waals surface area contributed by atoms with Crippen LogP contribution in [0.5, 0.6) is 0 Å². The van der Waals surface area contributed by atoms with Gasteiger partial charge in [-0.05, 0) is 37.0 Å². The summed E-state index contributed by atoms with van der Waals surface area (Å²) >= 11 is 11.6. The van der Waals surface area contributed by atoms with Crippen molar-refractivity contribution in [3.63, 3.8) is 0 Å². The summed E-state index contributed by atoms with van der Waals surface area (Å²) in [6.45, 7) is 0.807. The first kappa shape index (κ1) is 11.9. The van der Waals surface area contributed by atoms with Crippen LogP contribution in [0.3, 0.4) is 0 Å². The average Bonchev–Trinajstić information content (AvgIpc) is 3.06. The predicted molar refractivity (Wildman–Crippen MR) is 64.3 cm³/mol. The minimum absolute atomic E-state index is 0.0563. The molecule has 0 heterocycles. The summed E-state index contributed by atoms with van der Waals surface area (Å²) < 4.78 is 5.32. The second-order valence-corrected chi connectivity index (χ2v) is 4.82. The van der Waals surface area contributed by atoms with E-state index in [1.165, 1.54) is 12.8 Å². The van der Waals surface area contributed by atoms with Gasteiger partial charge in [-0.15, -0.1) is 0 Å². The highest BCUT2D eigenvalue weighted by molar-refractivity contribution is 6.42. The maximum atomic E-state index is 11.7. The van der Waals surface area contributed by atoms with Crippen molar-refractivity contribution >= 4 is 29.0 Å². The highest BCUT2D eigenvalue weighted by Gasteiger charge is 2.21. The van der Waals surface area contributed by atoms with Crippen molar-refractivity contribution in [2.45, 2.75) is 12.8 Å². The molecule has 1 aliphatic rings. The number of Topliss-reactive ketones (excluding diaryl/α,β-unsaturated/α-hetero) is 1. The van der Waals surface area contributed by atoms with Gasteiger partial charge in [-0.2, -0.15) is 0 Å². The zero-order valence-corrected chi connectivity index (χ0v) is 10.2. The summed E-state index contributed by atoms with van der Waals surface area (Å²) in [5, 5.41) is 0.854. The van der Waals surface area contributed by atoms with E-state index in [4.69, 9.17) is 27.9 Å². The molecule has 0 N–H and O–H groups in total. The summed E-state index contributed by atoms with van der Waals surface area (Å²) in [5.74, 6) is 0.612. The standard InChI is InChI=1S/C12H12Cl2O2/c13-10-4-3-9(5-11(10)14)12(15)7-16-6-8-1-2-8/h3-5,8H,1-2,6-7H2. The molecule has 16 heavy (non-hydrogen) atoms. The molecule has 0 spiro atoms. The number of rotatable bonds is 5. The van der Waals surface area contributed by atoms with Gasteiger partial charge in [0.25, 0.3) is 0 Å². The topological polar surface area (TPSA) is 26.3 Å². The van der Waals surface area contributed by atoms with Gasteiger partial charge in [0.1, 0.15) is 6.61 Å². The number of benzene rings is 1. The third-order valence-corrected chi connectivity index (χ3v) is 3.26. The van der Waals surface area contributed by atoms with Crippen molar-refractivity contribution in [2.24, 2.45) is 5.92 Å². The zero-order valence-electron chi connectivity index (χ0n) is 8.71. The van der Waals surface area contributed by atoms with Crippen molar-refractivity contribution in [1.82, 2.24) is 0 Å². The smallest absolute Gasteiger partial charge is 0.188 e. The van der Waals surface area contributed by atoms with E-state index in [1.54, 1.807) is 18.2 Å². The number of hydrogen-bond acceptors (Lipinski definition) is 2. The lowest BCUT2D eigenvalue weighted by molar-refractivity contribution is 0.0740. The fraction of sp³-hybridized carbons (Fsp3) is 0.417. The molecule has 1 aliphatic carbocycles. The Bertz CT molecular complexity index is 400. The molecule has 0 amide bonds. The molecule has 0 aromatic heterocycles. The highest BCUT2D eigenvalue weighted by Crippen LogP contribution is 2.28. The van der Waals surface area contributed by atoms with Gasteiger partial charge in [0.2, 0.25) is 0 Å². The quantitative estimate of drug-likeness (QED) is 0.755. The summed E-state index contributed by atoms with van der Waals surface area (Å²) in [5.41, 5.74) is 0.546. The third kappa shape index (κ3) is 3.21. The monoisotopic (exact) mass is 258 g/mol. The fourth-order valence-electron chi connectivity index (χ4n) is 1.36. The van der Waals surface area contributed by atoms with E-state index in [0.29, 0.717) is 28.1 Å². The van der Waals surface area contributed by atoms with E-state index in [9.17, 15) is 4.79 Å². The Morgan fingerprint density at radius 2 is 2.06 bits per heavy atom. The first-order valence-corrected chi connectivity index (χ1v) is 5.98. The van der Waals surface area contributed by atoms with Crippen LogP contribution in [0.1, 0.15) is 23.2 Å². The minimum atomic E-state index is -0.0563. The number of carbonyl (C=O) groups excluding carboxylic acids is 1. The van der Waals surface area contributed by atoms with Gasteiger partial charge in [0.15, 0.2) is 5.78 Å². The normalized spacial score (nSPS) is 15.1. The van der Waals surface area contributed by atoms with Crippen LogP contribution in [-0.2, 0) is 4.74 Å². The molecule has 1 aromatic carbocycles. The Kier molecular flexibility index (Phi) is 3.85. The van der Waals surface area contributed by atoms with Crippen LogP contribution >= 0.6 is 23.2 Å². The summed E-state index contributed by atoms with van der Waals surface area (Å²) in [6.07, 6.45) is 2.45. The fourth-order valence-corrected chi connectivity index (χ4v) is 1.65. The summed E-state index contributed by atoms with van der Waals surface area (Å²) in [4.78, 5) is 11.7. The highest BCUT2D eigenvalue weighted by atomic mass is 35.5. The molecule has 0 atom stereocenters. The predicted octanol–water partition coefficient (Wildman–Crippen LogP) is 3.60. The molecule has 86 valence electrons. The molecule has 4 heteroatoms. The third-order valence-electron chi connectivity index (χ3n) is 2.53. The number of carbonyl (C=O) groups is 1. The van der Waals surface area contributed by atoms with Gasteiger partial charge in [-0.3, -0.25) is 4.79 Å². The SMILES string of the molecule is O=C(COCC1CC1)c1ccc(Cl)c(Cl)c1. The molecular formula is C12H12Cl2O2. The van der Waals surface area contributed by atoms with E-state index in [1.807, 2.05) is 0 Å². The van der Waals surface area contributed by atoms with Crippen molar-refractivity contribution in [3.05, 3.63) is 33.8 Å². The maximum absolute atomic E-state index is 11.7. The molecule has 1 fully saturated rings. The second kappa shape index (κ2) is 5.17.